The molecule has 0 atom stereocenters. The number of hydrogen-bond acceptors (Lipinski definition) is 2. The first-order valence-corrected chi connectivity index (χ1v) is 7.39. The Bertz CT molecular complexity index is 608. The van der Waals surface area contributed by atoms with E-state index in [-0.39, 0.29) is 0 Å². The molecule has 0 aliphatic carbocycles. The monoisotopic (exact) mass is 296 g/mol. The molecule has 1 rings (SSSR count). The maximum atomic E-state index is 9.99. The van der Waals surface area contributed by atoms with Gasteiger partial charge in [0.05, 0.1) is 0 Å². The fourth-order valence-electron chi connectivity index (χ4n) is 1.10. The highest BCUT2D eigenvalue weighted by Crippen LogP contribution is 1.95. The van der Waals surface area contributed by atoms with Crippen LogP contribution in [0.5, 0.6) is 0 Å². The van der Waals surface area contributed by atoms with E-state index in [0.29, 0.717) is 0 Å². The van der Waals surface area contributed by atoms with Crippen molar-refractivity contribution in [1.82, 2.24) is 0 Å². The average molecular weight is 296 g/mol. The third-order valence-corrected chi connectivity index (χ3v) is 3.44. The molecule has 0 fully saturated rings. The molecule has 100 valence electrons. The van der Waals surface area contributed by atoms with Crippen LogP contribution in [0.15, 0.2) is 46.0 Å². The van der Waals surface area contributed by atoms with Crippen molar-refractivity contribution in [3.05, 3.63) is 63.4 Å². The lowest BCUT2D eigenvalue weighted by Crippen LogP contribution is -2.07. The van der Waals surface area contributed by atoms with Crippen molar-refractivity contribution in [2.24, 2.45) is 9.04 Å². The third-order valence-electron chi connectivity index (χ3n) is 1.90. The first kappa shape index (κ1) is 16.7. The summed E-state index contributed by atoms with van der Waals surface area (Å²) in [6.45, 7) is 3.71. The molecule has 0 aliphatic rings. The van der Waals surface area contributed by atoms with Gasteiger partial charge in [0.25, 0.3) is 0 Å². The average Bonchev–Trinajstić information content (AvgIpc) is 2.33. The Hall–Kier alpha value is -2.25. The summed E-state index contributed by atoms with van der Waals surface area (Å²) in [5, 5.41) is 1.49. The van der Waals surface area contributed by atoms with Crippen LogP contribution >= 0.6 is 0 Å². The quantitative estimate of drug-likeness (QED) is 0.272. The van der Waals surface area contributed by atoms with Crippen LogP contribution in [0.25, 0.3) is 20.9 Å². The zero-order valence-corrected chi connectivity index (χ0v) is 13.0. The fourth-order valence-corrected chi connectivity index (χ4v) is 1.88. The lowest BCUT2D eigenvalue weighted by molar-refractivity contribution is 0.599. The summed E-state index contributed by atoms with van der Waals surface area (Å²) in [7, 11) is -3.12. The van der Waals surface area contributed by atoms with Crippen LogP contribution in [-0.4, -0.2) is 18.7 Å². The summed E-state index contributed by atoms with van der Waals surface area (Å²) < 4.78 is 24.3. The van der Waals surface area contributed by atoms with Gasteiger partial charge >= 0.3 is 10.2 Å². The molecule has 8 nitrogen and oxygen atoms in total. The summed E-state index contributed by atoms with van der Waals surface area (Å²) >= 11 is 0. The first-order valence-electron chi connectivity index (χ1n) is 5.00. The normalized spacial score (nSPS) is 9.26. The predicted octanol–water partition coefficient (Wildman–Crippen LogP) is 1.26. The minimum absolute atomic E-state index is 1.01. The molecule has 0 bridgehead atoms. The zero-order chi connectivity index (χ0) is 14.7. The molecule has 0 aliphatic heterocycles. The van der Waals surface area contributed by atoms with Crippen LogP contribution < -0.4 is 5.19 Å². The van der Waals surface area contributed by atoms with E-state index in [1.807, 2.05) is 15.9 Å². The summed E-state index contributed by atoms with van der Waals surface area (Å²) in [6.07, 6.45) is 2.97. The molecular weight excluding hydrogens is 284 g/mol. The topological polar surface area (TPSA) is 132 Å². The zero-order valence-electron chi connectivity index (χ0n) is 10.2. The minimum Gasteiger partial charge on any atom is -0.213 e. The van der Waals surface area contributed by atoms with E-state index in [4.69, 9.17) is 11.1 Å². The van der Waals surface area contributed by atoms with Crippen molar-refractivity contribution in [3.63, 3.8) is 0 Å². The van der Waals surface area contributed by atoms with Crippen molar-refractivity contribution in [2.45, 2.75) is 6.42 Å². The van der Waals surface area contributed by atoms with Gasteiger partial charge < -0.3 is 0 Å². The minimum atomic E-state index is -4.27. The molecule has 0 aromatic heterocycles. The number of hydrogen-bond donors (Lipinski definition) is 0. The maximum Gasteiger partial charge on any atom is 0.321 e. The molecule has 10 heteroatoms. The lowest BCUT2D eigenvalue weighted by atomic mass is 10.1. The number of azide groups is 1. The highest BCUT2D eigenvalue weighted by molar-refractivity contribution is 7.88. The van der Waals surface area contributed by atoms with Gasteiger partial charge in [-0.3, -0.25) is 0 Å². The van der Waals surface area contributed by atoms with Gasteiger partial charge in [-0.15, -0.1) is 6.58 Å². The summed E-state index contributed by atoms with van der Waals surface area (Å²) in [4.78, 5) is 3.80. The van der Waals surface area contributed by atoms with Gasteiger partial charge in [0.2, 0.25) is 0 Å². The van der Waals surface area contributed by atoms with E-state index in [0.717, 1.165) is 16.7 Å². The standard InChI is InChI=1S/C9H12Si.N6O2S/c1-2-5-8-6-3-4-7-9(8)10;1-3-5-9(7,8)6-4-2/h2-4,6-7H,1,5H2,10H3;. The van der Waals surface area contributed by atoms with E-state index in [1.165, 1.54) is 10.8 Å². The fraction of sp³-hybridized carbons (Fsp3) is 0.111. The highest BCUT2D eigenvalue weighted by atomic mass is 32.2. The second-order valence-corrected chi connectivity index (χ2v) is 5.51. The van der Waals surface area contributed by atoms with E-state index in [2.05, 4.69) is 39.9 Å². The number of benzene rings is 1. The van der Waals surface area contributed by atoms with Crippen molar-refractivity contribution in [2.75, 3.05) is 0 Å². The molecule has 0 saturated heterocycles. The highest BCUT2D eigenvalue weighted by Gasteiger charge is 1.99. The van der Waals surface area contributed by atoms with Gasteiger partial charge in [0, 0.05) is 29.1 Å². The molecular formula is C9H12N6O2SSi. The Balaban J connectivity index is 0.000000344. The van der Waals surface area contributed by atoms with Crippen molar-refractivity contribution < 1.29 is 8.42 Å². The van der Waals surface area contributed by atoms with Gasteiger partial charge in [0.15, 0.2) is 0 Å². The van der Waals surface area contributed by atoms with Crippen molar-refractivity contribution in [3.8, 4) is 0 Å². The molecule has 19 heavy (non-hydrogen) atoms. The van der Waals surface area contributed by atoms with Gasteiger partial charge in [-0.05, 0) is 23.0 Å². The molecule has 0 heterocycles. The SMILES string of the molecule is C=CCc1ccccc1[SiH3].[N-]=[N+]=NS(=O)(=O)N=[N+]=[N-]. The van der Waals surface area contributed by atoms with Gasteiger partial charge in [-0.1, -0.05) is 35.5 Å². The Kier molecular flexibility index (Phi) is 7.74. The molecule has 1 aromatic carbocycles. The largest absolute Gasteiger partial charge is 0.321 e. The van der Waals surface area contributed by atoms with Gasteiger partial charge in [-0.2, -0.15) is 0 Å². The first-order chi connectivity index (χ1) is 8.96. The van der Waals surface area contributed by atoms with E-state index >= 15 is 0 Å². The summed E-state index contributed by atoms with van der Waals surface area (Å²) in [5.74, 6) is 0. The van der Waals surface area contributed by atoms with Crippen molar-refractivity contribution in [1.29, 1.82) is 0 Å². The summed E-state index contributed by atoms with van der Waals surface area (Å²) in [6, 6.07) is 8.53. The van der Waals surface area contributed by atoms with E-state index < -0.39 is 10.2 Å². The smallest absolute Gasteiger partial charge is 0.213 e. The van der Waals surface area contributed by atoms with Gasteiger partial charge in [0.1, 0.15) is 0 Å². The Labute approximate surface area is 113 Å². The number of rotatable bonds is 4. The third kappa shape index (κ3) is 7.63. The van der Waals surface area contributed by atoms with Crippen LogP contribution in [0.1, 0.15) is 5.56 Å². The number of allylic oxidation sites excluding steroid dienone is 1. The van der Waals surface area contributed by atoms with E-state index in [9.17, 15) is 8.42 Å². The summed E-state index contributed by atoms with van der Waals surface area (Å²) in [5.41, 5.74) is 16.5. The maximum absolute atomic E-state index is 9.99. The number of nitrogens with zero attached hydrogens (tertiary/aromatic N) is 6. The molecule has 1 aromatic rings. The molecule has 0 N–H and O–H groups in total. The van der Waals surface area contributed by atoms with E-state index in [1.54, 1.807) is 0 Å². The second-order valence-electron chi connectivity index (χ2n) is 3.21. The van der Waals surface area contributed by atoms with Crippen LogP contribution in [0, 0.1) is 0 Å². The molecule has 0 spiro atoms. The van der Waals surface area contributed by atoms with Crippen LogP contribution in [-0.2, 0) is 16.6 Å². The Morgan fingerprint density at radius 1 is 1.26 bits per heavy atom. The lowest BCUT2D eigenvalue weighted by Gasteiger charge is -1.99. The van der Waals surface area contributed by atoms with Crippen LogP contribution in [0.3, 0.4) is 0 Å². The Morgan fingerprint density at radius 3 is 2.21 bits per heavy atom. The second kappa shape index (κ2) is 8.78. The predicted molar refractivity (Wildman–Crippen MR) is 77.1 cm³/mol. The molecule has 0 saturated carbocycles. The van der Waals surface area contributed by atoms with Crippen molar-refractivity contribution >= 4 is 25.6 Å². The van der Waals surface area contributed by atoms with Gasteiger partial charge in [-0.25, -0.2) is 8.42 Å². The Morgan fingerprint density at radius 2 is 1.79 bits per heavy atom. The molecule has 0 amide bonds. The van der Waals surface area contributed by atoms with Crippen LogP contribution in [0.4, 0.5) is 0 Å². The molecule has 0 unspecified atom stereocenters. The molecule has 0 radical (unpaired) electrons. The van der Waals surface area contributed by atoms with Crippen LogP contribution in [0.2, 0.25) is 0 Å².